The van der Waals surface area contributed by atoms with E-state index in [2.05, 4.69) is 55.7 Å². The molecule has 0 spiro atoms. The van der Waals surface area contributed by atoms with Crippen molar-refractivity contribution in [3.63, 3.8) is 0 Å². The molecule has 116 valence electrons. The molecule has 0 radical (unpaired) electrons. The van der Waals surface area contributed by atoms with E-state index in [4.69, 9.17) is 0 Å². The first-order valence-corrected chi connectivity index (χ1v) is 8.16. The van der Waals surface area contributed by atoms with Crippen molar-refractivity contribution in [1.82, 2.24) is 10.6 Å². The molecule has 1 aliphatic rings. The molecule has 1 amide bonds. The Balaban J connectivity index is 1.79. The van der Waals surface area contributed by atoms with Gasteiger partial charge in [0.1, 0.15) is 0 Å². The summed E-state index contributed by atoms with van der Waals surface area (Å²) in [5.41, 5.74) is 2.52. The lowest BCUT2D eigenvalue weighted by Gasteiger charge is -2.16. The smallest absolute Gasteiger partial charge is 0.220 e. The minimum Gasteiger partial charge on any atom is -0.350 e. The van der Waals surface area contributed by atoms with E-state index in [-0.39, 0.29) is 11.9 Å². The van der Waals surface area contributed by atoms with Crippen molar-refractivity contribution < 1.29 is 4.79 Å². The SMILES string of the molecule is CC(C)c1ccc(C(C)NC(=O)CCC2CCNC2)cc1. The Morgan fingerprint density at radius 2 is 1.90 bits per heavy atom. The van der Waals surface area contributed by atoms with E-state index in [9.17, 15) is 4.79 Å². The highest BCUT2D eigenvalue weighted by atomic mass is 16.1. The fourth-order valence-electron chi connectivity index (χ4n) is 2.86. The second-order valence-electron chi connectivity index (χ2n) is 6.51. The number of rotatable bonds is 6. The minimum atomic E-state index is 0.0837. The zero-order valence-electron chi connectivity index (χ0n) is 13.5. The van der Waals surface area contributed by atoms with Crippen molar-refractivity contribution in [2.75, 3.05) is 13.1 Å². The van der Waals surface area contributed by atoms with Crippen LogP contribution in [0.15, 0.2) is 24.3 Å². The number of hydrogen-bond donors (Lipinski definition) is 2. The first-order valence-electron chi connectivity index (χ1n) is 8.16. The monoisotopic (exact) mass is 288 g/mol. The predicted molar refractivity (Wildman–Crippen MR) is 87.3 cm³/mol. The predicted octanol–water partition coefficient (Wildman–Crippen LogP) is 3.38. The van der Waals surface area contributed by atoms with E-state index < -0.39 is 0 Å². The molecular formula is C18H28N2O. The summed E-state index contributed by atoms with van der Waals surface area (Å²) in [5, 5.41) is 6.45. The maximum atomic E-state index is 12.0. The highest BCUT2D eigenvalue weighted by Gasteiger charge is 2.16. The highest BCUT2D eigenvalue weighted by molar-refractivity contribution is 5.76. The second-order valence-corrected chi connectivity index (χ2v) is 6.51. The van der Waals surface area contributed by atoms with Crippen LogP contribution in [-0.2, 0) is 4.79 Å². The number of benzene rings is 1. The normalized spacial score (nSPS) is 19.7. The molecule has 2 atom stereocenters. The number of carbonyl (C=O) groups is 1. The average Bonchev–Trinajstić information content (AvgIpc) is 2.98. The molecule has 2 rings (SSSR count). The molecule has 3 heteroatoms. The van der Waals surface area contributed by atoms with E-state index in [1.807, 2.05) is 0 Å². The molecule has 21 heavy (non-hydrogen) atoms. The molecule has 1 aromatic carbocycles. The molecule has 1 heterocycles. The summed E-state index contributed by atoms with van der Waals surface area (Å²) in [5.74, 6) is 1.39. The Hall–Kier alpha value is -1.35. The number of amides is 1. The first kappa shape index (κ1) is 16.0. The minimum absolute atomic E-state index is 0.0837. The van der Waals surface area contributed by atoms with Crippen molar-refractivity contribution in [2.24, 2.45) is 5.92 Å². The molecule has 0 saturated carbocycles. The van der Waals surface area contributed by atoms with Crippen LogP contribution < -0.4 is 10.6 Å². The van der Waals surface area contributed by atoms with Crippen LogP contribution in [-0.4, -0.2) is 19.0 Å². The zero-order chi connectivity index (χ0) is 15.2. The van der Waals surface area contributed by atoms with Gasteiger partial charge in [-0.25, -0.2) is 0 Å². The van der Waals surface area contributed by atoms with Gasteiger partial charge in [0, 0.05) is 6.42 Å². The summed E-state index contributed by atoms with van der Waals surface area (Å²) in [6, 6.07) is 8.66. The molecule has 0 aromatic heterocycles. The van der Waals surface area contributed by atoms with Crippen LogP contribution >= 0.6 is 0 Å². The Morgan fingerprint density at radius 1 is 1.24 bits per heavy atom. The van der Waals surface area contributed by atoms with Gasteiger partial charge in [-0.15, -0.1) is 0 Å². The van der Waals surface area contributed by atoms with Gasteiger partial charge in [0.05, 0.1) is 6.04 Å². The first-order chi connectivity index (χ1) is 10.1. The molecule has 1 fully saturated rings. The third-order valence-electron chi connectivity index (χ3n) is 4.42. The highest BCUT2D eigenvalue weighted by Crippen LogP contribution is 2.19. The zero-order valence-corrected chi connectivity index (χ0v) is 13.5. The van der Waals surface area contributed by atoms with E-state index in [1.165, 1.54) is 17.5 Å². The summed E-state index contributed by atoms with van der Waals surface area (Å²) in [6.45, 7) is 8.61. The maximum absolute atomic E-state index is 12.0. The van der Waals surface area contributed by atoms with Crippen molar-refractivity contribution >= 4 is 5.91 Å². The Morgan fingerprint density at radius 3 is 2.48 bits per heavy atom. The van der Waals surface area contributed by atoms with Gasteiger partial charge < -0.3 is 10.6 Å². The van der Waals surface area contributed by atoms with Gasteiger partial charge in [0.15, 0.2) is 0 Å². The lowest BCUT2D eigenvalue weighted by atomic mass is 9.99. The fourth-order valence-corrected chi connectivity index (χ4v) is 2.86. The van der Waals surface area contributed by atoms with Crippen LogP contribution in [0.1, 0.15) is 63.1 Å². The van der Waals surface area contributed by atoms with Gasteiger partial charge >= 0.3 is 0 Å². The van der Waals surface area contributed by atoms with Crippen molar-refractivity contribution in [3.8, 4) is 0 Å². The van der Waals surface area contributed by atoms with Gasteiger partial charge in [-0.3, -0.25) is 4.79 Å². The van der Waals surface area contributed by atoms with Crippen molar-refractivity contribution in [3.05, 3.63) is 35.4 Å². The van der Waals surface area contributed by atoms with Gasteiger partial charge in [0.2, 0.25) is 5.91 Å². The van der Waals surface area contributed by atoms with Crippen LogP contribution in [0.5, 0.6) is 0 Å². The lowest BCUT2D eigenvalue weighted by Crippen LogP contribution is -2.27. The standard InChI is InChI=1S/C18H28N2O/c1-13(2)16-5-7-17(8-6-16)14(3)20-18(21)9-4-15-10-11-19-12-15/h5-8,13-15,19H,4,9-12H2,1-3H3,(H,20,21). The molecule has 1 aromatic rings. The number of nitrogens with one attached hydrogen (secondary N) is 2. The maximum Gasteiger partial charge on any atom is 0.220 e. The molecule has 1 saturated heterocycles. The average molecular weight is 288 g/mol. The largest absolute Gasteiger partial charge is 0.350 e. The summed E-state index contributed by atoms with van der Waals surface area (Å²) in [7, 11) is 0. The quantitative estimate of drug-likeness (QED) is 0.842. The topological polar surface area (TPSA) is 41.1 Å². The third-order valence-corrected chi connectivity index (χ3v) is 4.42. The fraction of sp³-hybridized carbons (Fsp3) is 0.611. The summed E-state index contributed by atoms with van der Waals surface area (Å²) in [4.78, 5) is 12.0. The molecule has 2 unspecified atom stereocenters. The summed E-state index contributed by atoms with van der Waals surface area (Å²) < 4.78 is 0. The molecule has 0 bridgehead atoms. The number of carbonyl (C=O) groups excluding carboxylic acids is 1. The molecule has 1 aliphatic heterocycles. The van der Waals surface area contributed by atoms with E-state index in [0.29, 0.717) is 18.3 Å². The Bertz CT molecular complexity index is 447. The van der Waals surface area contributed by atoms with Crippen LogP contribution in [0, 0.1) is 5.92 Å². The van der Waals surface area contributed by atoms with Gasteiger partial charge in [-0.2, -0.15) is 0 Å². The van der Waals surface area contributed by atoms with E-state index in [0.717, 1.165) is 19.5 Å². The van der Waals surface area contributed by atoms with Crippen LogP contribution in [0.4, 0.5) is 0 Å². The van der Waals surface area contributed by atoms with Gasteiger partial charge in [-0.1, -0.05) is 38.1 Å². The molecular weight excluding hydrogens is 260 g/mol. The Kier molecular flexibility index (Phi) is 5.80. The number of hydrogen-bond acceptors (Lipinski definition) is 2. The molecule has 3 nitrogen and oxygen atoms in total. The molecule has 2 N–H and O–H groups in total. The van der Waals surface area contributed by atoms with Crippen molar-refractivity contribution in [2.45, 2.75) is 52.0 Å². The van der Waals surface area contributed by atoms with Crippen LogP contribution in [0.2, 0.25) is 0 Å². The van der Waals surface area contributed by atoms with Gasteiger partial charge in [0.25, 0.3) is 0 Å². The lowest BCUT2D eigenvalue weighted by molar-refractivity contribution is -0.122. The van der Waals surface area contributed by atoms with E-state index >= 15 is 0 Å². The third kappa shape index (κ3) is 4.85. The Labute approximate surface area is 128 Å². The summed E-state index contributed by atoms with van der Waals surface area (Å²) in [6.07, 6.45) is 2.85. The van der Waals surface area contributed by atoms with E-state index in [1.54, 1.807) is 0 Å². The van der Waals surface area contributed by atoms with Crippen LogP contribution in [0.25, 0.3) is 0 Å². The van der Waals surface area contributed by atoms with Gasteiger partial charge in [-0.05, 0) is 55.8 Å². The van der Waals surface area contributed by atoms with Crippen molar-refractivity contribution in [1.29, 1.82) is 0 Å². The summed E-state index contributed by atoms with van der Waals surface area (Å²) >= 11 is 0. The van der Waals surface area contributed by atoms with Crippen LogP contribution in [0.3, 0.4) is 0 Å². The molecule has 0 aliphatic carbocycles. The second kappa shape index (κ2) is 7.60.